The average Bonchev–Trinajstić information content (AvgIpc) is 2.72. The second-order valence-corrected chi connectivity index (χ2v) is 7.95. The van der Waals surface area contributed by atoms with Crippen molar-refractivity contribution in [3.05, 3.63) is 53.1 Å². The van der Waals surface area contributed by atoms with Crippen LogP contribution in [0, 0.1) is 5.92 Å². The van der Waals surface area contributed by atoms with Crippen molar-refractivity contribution >= 4 is 23.7 Å². The Morgan fingerprint density at radius 1 is 1.07 bits per heavy atom. The Hall–Kier alpha value is -2.69. The highest BCUT2D eigenvalue weighted by Crippen LogP contribution is 2.25. The maximum atomic E-state index is 12.3. The second kappa shape index (κ2) is 12.0. The lowest BCUT2D eigenvalue weighted by atomic mass is 9.88. The molecule has 2 rings (SSSR count). The molecule has 1 saturated carbocycles. The van der Waals surface area contributed by atoms with Crippen molar-refractivity contribution in [1.29, 1.82) is 0 Å². The second-order valence-electron chi connectivity index (χ2n) is 7.95. The number of hydrogen-bond donors (Lipinski definition) is 2. The molecule has 2 amide bonds. The van der Waals surface area contributed by atoms with E-state index >= 15 is 0 Å². The van der Waals surface area contributed by atoms with E-state index in [0.29, 0.717) is 5.56 Å². The van der Waals surface area contributed by atoms with Crippen LogP contribution in [-0.2, 0) is 4.79 Å². The van der Waals surface area contributed by atoms with Crippen molar-refractivity contribution in [1.82, 2.24) is 5.43 Å². The van der Waals surface area contributed by atoms with Crippen LogP contribution in [-0.4, -0.2) is 18.0 Å². The third kappa shape index (κ3) is 8.46. The number of benzene rings is 1. The highest BCUT2D eigenvalue weighted by atomic mass is 16.2. The Bertz CT molecular complexity index is 766. The molecule has 0 saturated heterocycles. The molecule has 0 aliphatic heterocycles. The zero-order valence-electron chi connectivity index (χ0n) is 17.8. The van der Waals surface area contributed by atoms with E-state index in [4.69, 9.17) is 0 Å². The number of anilines is 1. The topological polar surface area (TPSA) is 70.6 Å². The Kier molecular flexibility index (Phi) is 9.35. The van der Waals surface area contributed by atoms with Crippen molar-refractivity contribution < 1.29 is 9.59 Å². The number of rotatable bonds is 8. The van der Waals surface area contributed by atoms with Gasteiger partial charge in [-0.05, 0) is 76.8 Å². The van der Waals surface area contributed by atoms with Crippen LogP contribution >= 0.6 is 0 Å². The number of carbonyl (C=O) groups is 2. The highest BCUT2D eigenvalue weighted by molar-refractivity contribution is 5.96. The van der Waals surface area contributed by atoms with Gasteiger partial charge in [0.15, 0.2) is 0 Å². The first-order valence-corrected chi connectivity index (χ1v) is 10.5. The molecule has 5 heteroatoms. The van der Waals surface area contributed by atoms with Crippen LogP contribution in [0.3, 0.4) is 0 Å². The van der Waals surface area contributed by atoms with Gasteiger partial charge in [0.1, 0.15) is 0 Å². The van der Waals surface area contributed by atoms with Crippen LogP contribution in [0.2, 0.25) is 0 Å². The summed E-state index contributed by atoms with van der Waals surface area (Å²) in [6.45, 7) is 6.23. The van der Waals surface area contributed by atoms with Crippen molar-refractivity contribution in [3.63, 3.8) is 0 Å². The largest absolute Gasteiger partial charge is 0.326 e. The van der Waals surface area contributed by atoms with E-state index in [-0.39, 0.29) is 17.7 Å². The molecule has 1 aliphatic carbocycles. The molecule has 0 radical (unpaired) electrons. The molecule has 0 aromatic heterocycles. The predicted molar refractivity (Wildman–Crippen MR) is 120 cm³/mol. The van der Waals surface area contributed by atoms with Crippen LogP contribution < -0.4 is 10.7 Å². The lowest BCUT2D eigenvalue weighted by Crippen LogP contribution is -2.24. The van der Waals surface area contributed by atoms with E-state index in [2.05, 4.69) is 35.8 Å². The quantitative estimate of drug-likeness (QED) is 0.341. The fourth-order valence-corrected chi connectivity index (χ4v) is 3.31. The molecule has 1 fully saturated rings. The summed E-state index contributed by atoms with van der Waals surface area (Å²) in [6.07, 6.45) is 13.1. The molecule has 1 aromatic carbocycles. The molecule has 1 aromatic rings. The average molecular weight is 396 g/mol. The van der Waals surface area contributed by atoms with Crippen molar-refractivity contribution in [2.75, 3.05) is 5.32 Å². The van der Waals surface area contributed by atoms with Gasteiger partial charge < -0.3 is 5.32 Å². The molecule has 1 aliphatic rings. The summed E-state index contributed by atoms with van der Waals surface area (Å²) in [4.78, 5) is 24.5. The van der Waals surface area contributed by atoms with E-state index in [1.54, 1.807) is 30.5 Å². The van der Waals surface area contributed by atoms with Crippen LogP contribution in [0.1, 0.15) is 76.1 Å². The monoisotopic (exact) mass is 395 g/mol. The molecular formula is C24H33N3O2. The minimum absolute atomic E-state index is 0.0817. The van der Waals surface area contributed by atoms with Gasteiger partial charge in [0.05, 0.1) is 0 Å². The molecule has 5 nitrogen and oxygen atoms in total. The van der Waals surface area contributed by atoms with Crippen molar-refractivity contribution in [2.45, 2.75) is 65.7 Å². The van der Waals surface area contributed by atoms with Gasteiger partial charge in [-0.25, -0.2) is 5.43 Å². The van der Waals surface area contributed by atoms with E-state index in [9.17, 15) is 9.59 Å². The lowest BCUT2D eigenvalue weighted by Gasteiger charge is -2.20. The van der Waals surface area contributed by atoms with Gasteiger partial charge in [-0.15, -0.1) is 0 Å². The van der Waals surface area contributed by atoms with Gasteiger partial charge in [0, 0.05) is 23.4 Å². The third-order valence-electron chi connectivity index (χ3n) is 5.08. The Morgan fingerprint density at radius 2 is 1.76 bits per heavy atom. The number of hydrazone groups is 1. The SMILES string of the molecule is CC(C)=CCCC(C)=CC=NNC(=O)c1ccc(NC(=O)C2CCCCC2)cc1. The molecule has 0 unspecified atom stereocenters. The number of amides is 2. The summed E-state index contributed by atoms with van der Waals surface area (Å²) in [5.74, 6) is -0.0835. The van der Waals surface area contributed by atoms with Crippen LogP contribution in [0.15, 0.2) is 52.7 Å². The molecular weight excluding hydrogens is 362 g/mol. The van der Waals surface area contributed by atoms with Gasteiger partial charge in [-0.2, -0.15) is 5.10 Å². The standard InChI is InChI=1S/C24H33N3O2/c1-18(2)8-7-9-19(3)16-17-25-27-24(29)21-12-14-22(15-13-21)26-23(28)20-10-5-4-6-11-20/h8,12-17,20H,4-7,9-11H2,1-3H3,(H,26,28)(H,27,29). The number of allylic oxidation sites excluding steroid dienone is 4. The zero-order valence-corrected chi connectivity index (χ0v) is 17.8. The molecule has 2 N–H and O–H groups in total. The van der Waals surface area contributed by atoms with Crippen molar-refractivity contribution in [3.8, 4) is 0 Å². The van der Waals surface area contributed by atoms with E-state index < -0.39 is 0 Å². The summed E-state index contributed by atoms with van der Waals surface area (Å²) in [5.41, 5.74) is 6.27. The van der Waals surface area contributed by atoms with Gasteiger partial charge in [-0.1, -0.05) is 36.5 Å². The maximum Gasteiger partial charge on any atom is 0.271 e. The van der Waals surface area contributed by atoms with E-state index in [0.717, 1.165) is 44.2 Å². The summed E-state index contributed by atoms with van der Waals surface area (Å²) >= 11 is 0. The molecule has 29 heavy (non-hydrogen) atoms. The normalized spacial score (nSPS) is 15.2. The Labute approximate surface area is 174 Å². The maximum absolute atomic E-state index is 12.3. The first kappa shape index (κ1) is 22.6. The van der Waals surface area contributed by atoms with Crippen molar-refractivity contribution in [2.24, 2.45) is 11.0 Å². The third-order valence-corrected chi connectivity index (χ3v) is 5.08. The van der Waals surface area contributed by atoms with E-state index in [1.165, 1.54) is 17.6 Å². The number of hydrogen-bond acceptors (Lipinski definition) is 3. The molecule has 0 atom stereocenters. The zero-order chi connectivity index (χ0) is 21.1. The van der Waals surface area contributed by atoms with Gasteiger partial charge in [0.2, 0.25) is 5.91 Å². The van der Waals surface area contributed by atoms with Gasteiger partial charge in [0.25, 0.3) is 5.91 Å². The lowest BCUT2D eigenvalue weighted by molar-refractivity contribution is -0.120. The molecule has 156 valence electrons. The summed E-state index contributed by atoms with van der Waals surface area (Å²) in [5, 5.41) is 6.93. The summed E-state index contributed by atoms with van der Waals surface area (Å²) < 4.78 is 0. The molecule has 0 bridgehead atoms. The minimum Gasteiger partial charge on any atom is -0.326 e. The van der Waals surface area contributed by atoms with Crippen LogP contribution in [0.25, 0.3) is 0 Å². The fraction of sp³-hybridized carbons (Fsp3) is 0.458. The minimum atomic E-state index is -0.276. The first-order valence-electron chi connectivity index (χ1n) is 10.5. The molecule has 0 heterocycles. The first-order chi connectivity index (χ1) is 14.0. The predicted octanol–water partition coefficient (Wildman–Crippen LogP) is 5.61. The Balaban J connectivity index is 1.79. The van der Waals surface area contributed by atoms with Crippen LogP contribution in [0.5, 0.6) is 0 Å². The number of nitrogens with one attached hydrogen (secondary N) is 2. The number of nitrogens with zero attached hydrogens (tertiary/aromatic N) is 1. The highest BCUT2D eigenvalue weighted by Gasteiger charge is 2.21. The summed E-state index contributed by atoms with van der Waals surface area (Å²) in [6, 6.07) is 6.91. The number of carbonyl (C=O) groups excluding carboxylic acids is 2. The van der Waals surface area contributed by atoms with Gasteiger partial charge in [-0.3, -0.25) is 9.59 Å². The van der Waals surface area contributed by atoms with E-state index in [1.807, 2.05) is 13.0 Å². The summed E-state index contributed by atoms with van der Waals surface area (Å²) in [7, 11) is 0. The van der Waals surface area contributed by atoms with Crippen LogP contribution in [0.4, 0.5) is 5.69 Å². The Morgan fingerprint density at radius 3 is 2.41 bits per heavy atom. The smallest absolute Gasteiger partial charge is 0.271 e. The van der Waals surface area contributed by atoms with Gasteiger partial charge >= 0.3 is 0 Å². The fourth-order valence-electron chi connectivity index (χ4n) is 3.31. The molecule has 0 spiro atoms.